The van der Waals surface area contributed by atoms with E-state index < -0.39 is 0 Å². The summed E-state index contributed by atoms with van der Waals surface area (Å²) in [5.41, 5.74) is 21.1. The Balaban J connectivity index is 0.00000525. The normalized spacial score (nSPS) is 10.9. The van der Waals surface area contributed by atoms with Gasteiger partial charge in [0.05, 0.1) is 11.4 Å². The first kappa shape index (κ1) is 42.9. The number of aromatic nitrogens is 2. The molecule has 0 amide bonds. The predicted octanol–water partition coefficient (Wildman–Crippen LogP) is 16.7. The second kappa shape index (κ2) is 19.6. The summed E-state index contributed by atoms with van der Waals surface area (Å²) in [5.74, 6) is 0. The zero-order chi connectivity index (χ0) is 44.1. The van der Waals surface area contributed by atoms with Crippen LogP contribution in [0.15, 0.2) is 255 Å². The van der Waals surface area contributed by atoms with Gasteiger partial charge in [0.1, 0.15) is 0 Å². The minimum atomic E-state index is 0. The van der Waals surface area contributed by atoms with Gasteiger partial charge >= 0.3 is 21.1 Å². The van der Waals surface area contributed by atoms with Crippen LogP contribution < -0.4 is 0 Å². The summed E-state index contributed by atoms with van der Waals surface area (Å²) in [7, 11) is 0. The summed E-state index contributed by atoms with van der Waals surface area (Å²) in [4.78, 5) is 9.69. The number of hydrogen-bond donors (Lipinski definition) is 0. The van der Waals surface area contributed by atoms with Crippen molar-refractivity contribution >= 4 is 0 Å². The second-order valence-corrected chi connectivity index (χ2v) is 16.4. The maximum absolute atomic E-state index is 4.85. The molecule has 0 spiro atoms. The Hall–Kier alpha value is -8.03. The topological polar surface area (TPSA) is 25.8 Å². The molecule has 0 unspecified atom stereocenters. The third-order valence-electron chi connectivity index (χ3n) is 12.2. The fraction of sp³-hybridized carbons (Fsp3) is 0. The van der Waals surface area contributed by atoms with E-state index in [-0.39, 0.29) is 21.1 Å². The van der Waals surface area contributed by atoms with E-state index in [1.165, 1.54) is 0 Å². The summed E-state index contributed by atoms with van der Waals surface area (Å²) >= 11 is 0. The van der Waals surface area contributed by atoms with Crippen molar-refractivity contribution in [1.29, 1.82) is 0 Å². The number of rotatable bonds is 10. The van der Waals surface area contributed by atoms with E-state index in [1.54, 1.807) is 0 Å². The molecule has 2 nitrogen and oxygen atoms in total. The maximum Gasteiger partial charge on any atom is 2.00 e. The molecule has 2 heterocycles. The van der Waals surface area contributed by atoms with E-state index in [1.807, 2.05) is 24.5 Å². The van der Waals surface area contributed by atoms with Crippen molar-refractivity contribution in [2.75, 3.05) is 0 Å². The monoisotopic (exact) mass is 1030 g/mol. The summed E-state index contributed by atoms with van der Waals surface area (Å²) in [6.07, 6.45) is 3.73. The first-order chi connectivity index (χ1) is 32.7. The number of hydrogen-bond acceptors (Lipinski definition) is 2. The van der Waals surface area contributed by atoms with Gasteiger partial charge in [-0.2, -0.15) is 0 Å². The van der Waals surface area contributed by atoms with E-state index in [4.69, 9.17) is 9.97 Å². The van der Waals surface area contributed by atoms with Gasteiger partial charge in [-0.1, -0.05) is 216 Å². The Bertz CT molecular complexity index is 3200. The molecule has 3 heteroatoms. The van der Waals surface area contributed by atoms with Crippen molar-refractivity contribution in [1.82, 2.24) is 9.97 Å². The van der Waals surface area contributed by atoms with Gasteiger partial charge in [0.15, 0.2) is 0 Å². The van der Waals surface area contributed by atoms with Crippen LogP contribution in [0.4, 0.5) is 0 Å². The van der Waals surface area contributed by atoms with Crippen LogP contribution in [0.3, 0.4) is 0 Å². The molecule has 0 fully saturated rings. The van der Waals surface area contributed by atoms with Gasteiger partial charge in [-0.3, -0.25) is 9.97 Å². The van der Waals surface area contributed by atoms with Crippen molar-refractivity contribution in [3.05, 3.63) is 267 Å². The van der Waals surface area contributed by atoms with Crippen LogP contribution in [0.1, 0.15) is 0 Å². The van der Waals surface area contributed by atoms with Crippen LogP contribution in [0, 0.1) is 12.1 Å². The quantitative estimate of drug-likeness (QED) is 0.128. The van der Waals surface area contributed by atoms with Gasteiger partial charge in [-0.25, -0.2) is 0 Å². The van der Waals surface area contributed by atoms with Gasteiger partial charge in [0.25, 0.3) is 0 Å². The SMILES string of the molecule is [Pt+2].[c-]1c(-c2ccccc2-c2[c-]c(-c3cc(-c4ccccc4)ccc3-c3ccccn3)cc(-c3ccccc3)c2)cc(-c2ccccc2)cc1-c1cc(-c2ccccc2)ccc1-c1ccccn1. The van der Waals surface area contributed by atoms with E-state index >= 15 is 0 Å². The largest absolute Gasteiger partial charge is 2.00 e. The molecule has 67 heavy (non-hydrogen) atoms. The molecule has 11 aromatic rings. The smallest absolute Gasteiger partial charge is 0.257 e. The minimum Gasteiger partial charge on any atom is -0.257 e. The van der Waals surface area contributed by atoms with Gasteiger partial charge in [-0.05, 0) is 68.8 Å². The summed E-state index contributed by atoms with van der Waals surface area (Å²) in [6, 6.07) is 93.8. The second-order valence-electron chi connectivity index (χ2n) is 16.4. The molecule has 9 aromatic carbocycles. The van der Waals surface area contributed by atoms with Crippen LogP contribution in [0.2, 0.25) is 0 Å². The minimum absolute atomic E-state index is 0. The Morgan fingerprint density at radius 2 is 0.537 bits per heavy atom. The molecule has 0 aliphatic heterocycles. The zero-order valence-electron chi connectivity index (χ0n) is 36.5. The van der Waals surface area contributed by atoms with E-state index in [9.17, 15) is 0 Å². The van der Waals surface area contributed by atoms with Crippen molar-refractivity contribution in [3.8, 4) is 112 Å². The third kappa shape index (κ3) is 9.14. The fourth-order valence-electron chi connectivity index (χ4n) is 8.91. The van der Waals surface area contributed by atoms with Crippen molar-refractivity contribution in [3.63, 3.8) is 0 Å². The molecule has 0 radical (unpaired) electrons. The van der Waals surface area contributed by atoms with Gasteiger partial charge in [0.2, 0.25) is 0 Å². The summed E-state index contributed by atoms with van der Waals surface area (Å²) in [5, 5.41) is 0. The average molecular weight is 1030 g/mol. The molecule has 11 rings (SSSR count). The van der Waals surface area contributed by atoms with Crippen LogP contribution in [-0.2, 0) is 21.1 Å². The van der Waals surface area contributed by atoms with Crippen LogP contribution in [0.5, 0.6) is 0 Å². The van der Waals surface area contributed by atoms with Crippen LogP contribution >= 0.6 is 0 Å². The molecule has 0 N–H and O–H groups in total. The fourth-order valence-corrected chi connectivity index (χ4v) is 8.91. The molecular formula is C64H42N2Pt. The molecule has 0 bridgehead atoms. The van der Waals surface area contributed by atoms with Gasteiger partial charge in [-0.15, -0.1) is 69.8 Å². The first-order valence-corrected chi connectivity index (χ1v) is 22.3. The standard InChI is InChI=1S/C64H42N2.Pt/c1-5-19-45(20-6-1)49-31-33-59(63-29-15-17-35-65-63)61(43-49)55-39-51(47-23-9-3-10-24-47)37-53(41-55)57-27-13-14-28-58(57)54-38-52(48-25-11-4-12-26-48)40-56(42-54)62-44-50(46-21-7-2-8-22-46)32-34-60(62)64-30-16-18-36-66-64;/h1-40,43-44H;/q-2;+2. The van der Waals surface area contributed by atoms with Crippen molar-refractivity contribution in [2.45, 2.75) is 0 Å². The number of nitrogens with zero attached hydrogens (tertiary/aromatic N) is 2. The van der Waals surface area contributed by atoms with Gasteiger partial charge in [0, 0.05) is 12.4 Å². The molecule has 2 aromatic heterocycles. The number of benzene rings is 9. The van der Waals surface area contributed by atoms with E-state index in [2.05, 4.69) is 243 Å². The summed E-state index contributed by atoms with van der Waals surface area (Å²) < 4.78 is 0. The van der Waals surface area contributed by atoms with Crippen molar-refractivity contribution in [2.24, 2.45) is 0 Å². The van der Waals surface area contributed by atoms with E-state index in [0.29, 0.717) is 0 Å². The molecule has 318 valence electrons. The Kier molecular flexibility index (Phi) is 12.5. The molecular weight excluding hydrogens is 992 g/mol. The Morgan fingerprint density at radius 1 is 0.224 bits per heavy atom. The average Bonchev–Trinajstić information content (AvgIpc) is 3.42. The molecule has 0 saturated heterocycles. The van der Waals surface area contributed by atoms with Crippen molar-refractivity contribution < 1.29 is 21.1 Å². The van der Waals surface area contributed by atoms with Gasteiger partial charge < -0.3 is 0 Å². The number of pyridine rings is 2. The molecule has 0 aliphatic rings. The predicted molar refractivity (Wildman–Crippen MR) is 274 cm³/mol. The maximum atomic E-state index is 4.85. The van der Waals surface area contributed by atoms with Crippen LogP contribution in [0.25, 0.3) is 112 Å². The van der Waals surface area contributed by atoms with E-state index in [0.717, 1.165) is 112 Å². The zero-order valence-corrected chi connectivity index (χ0v) is 38.7. The summed E-state index contributed by atoms with van der Waals surface area (Å²) in [6.45, 7) is 0. The molecule has 0 aliphatic carbocycles. The van der Waals surface area contributed by atoms with Crippen LogP contribution in [-0.4, -0.2) is 9.97 Å². The Morgan fingerprint density at radius 3 is 0.881 bits per heavy atom. The Labute approximate surface area is 407 Å². The first-order valence-electron chi connectivity index (χ1n) is 22.3. The molecule has 0 atom stereocenters. The third-order valence-corrected chi connectivity index (χ3v) is 12.2. The molecule has 0 saturated carbocycles.